The van der Waals surface area contributed by atoms with Crippen LogP contribution >= 0.6 is 23.2 Å². The fourth-order valence-corrected chi connectivity index (χ4v) is 3.27. The minimum absolute atomic E-state index is 0.0803. The van der Waals surface area contributed by atoms with Gasteiger partial charge in [-0.15, -0.1) is 0 Å². The molecule has 0 aromatic heterocycles. The molecule has 1 aromatic carbocycles. The number of carbonyl (C=O) groups is 1. The van der Waals surface area contributed by atoms with Gasteiger partial charge >= 0.3 is 0 Å². The Balaban J connectivity index is 2.04. The van der Waals surface area contributed by atoms with E-state index in [4.69, 9.17) is 33.7 Å². The highest BCUT2D eigenvalue weighted by Crippen LogP contribution is 2.34. The number of hydrogen-bond acceptors (Lipinski definition) is 3. The van der Waals surface area contributed by atoms with Crippen LogP contribution in [-0.4, -0.2) is 25.1 Å². The highest BCUT2D eigenvalue weighted by atomic mass is 35.5. The fourth-order valence-electron chi connectivity index (χ4n) is 2.67. The summed E-state index contributed by atoms with van der Waals surface area (Å²) in [6.07, 6.45) is 6.64. The minimum atomic E-state index is -0.510. The highest BCUT2D eigenvalue weighted by Gasteiger charge is 2.19. The summed E-state index contributed by atoms with van der Waals surface area (Å²) in [4.78, 5) is 12.3. The van der Waals surface area contributed by atoms with E-state index in [1.54, 1.807) is 0 Å². The Bertz CT molecular complexity index is 594. The normalized spacial score (nSPS) is 16.1. The van der Waals surface area contributed by atoms with Crippen LogP contribution in [0.1, 0.15) is 42.5 Å². The molecular weight excluding hydrogens is 354 g/mol. The molecular formula is C17H21Cl2FN2O2. The van der Waals surface area contributed by atoms with E-state index in [2.05, 4.69) is 5.32 Å². The maximum atomic E-state index is 13.3. The van der Waals surface area contributed by atoms with Crippen molar-refractivity contribution in [2.45, 2.75) is 38.1 Å². The summed E-state index contributed by atoms with van der Waals surface area (Å²) < 4.78 is 18.6. The quantitative estimate of drug-likeness (QED) is 0.782. The molecule has 0 heterocycles. The fraction of sp³-hybridized carbons (Fsp3) is 0.471. The van der Waals surface area contributed by atoms with Crippen LogP contribution in [0, 0.1) is 0 Å². The van der Waals surface area contributed by atoms with E-state index in [-0.39, 0.29) is 40.9 Å². The van der Waals surface area contributed by atoms with E-state index in [0.29, 0.717) is 5.56 Å². The monoisotopic (exact) mass is 374 g/mol. The van der Waals surface area contributed by atoms with Crippen molar-refractivity contribution in [3.8, 4) is 5.75 Å². The van der Waals surface area contributed by atoms with Crippen molar-refractivity contribution >= 4 is 29.1 Å². The van der Waals surface area contributed by atoms with Crippen LogP contribution in [0.25, 0.3) is 0 Å². The van der Waals surface area contributed by atoms with Crippen molar-refractivity contribution < 1.29 is 13.9 Å². The number of amides is 1. The van der Waals surface area contributed by atoms with E-state index >= 15 is 0 Å². The number of rotatable bonds is 6. The molecule has 24 heavy (non-hydrogen) atoms. The Morgan fingerprint density at radius 2 is 1.92 bits per heavy atom. The SMILES string of the molecule is NCC=C(F)COc1c(Cl)cc(C(=O)NC2CCCCC2)cc1Cl. The van der Waals surface area contributed by atoms with Gasteiger partial charge in [-0.2, -0.15) is 0 Å². The lowest BCUT2D eigenvalue weighted by atomic mass is 9.95. The molecule has 1 fully saturated rings. The number of halogens is 3. The Labute approximate surface area is 151 Å². The number of carbonyl (C=O) groups excluding carboxylic acids is 1. The van der Waals surface area contributed by atoms with Gasteiger partial charge < -0.3 is 15.8 Å². The molecule has 2 rings (SSSR count). The van der Waals surface area contributed by atoms with Crippen LogP contribution in [0.3, 0.4) is 0 Å². The molecule has 3 N–H and O–H groups in total. The zero-order chi connectivity index (χ0) is 17.5. The Morgan fingerprint density at radius 1 is 1.29 bits per heavy atom. The van der Waals surface area contributed by atoms with Crippen LogP contribution in [0.4, 0.5) is 4.39 Å². The smallest absolute Gasteiger partial charge is 0.251 e. The molecule has 4 nitrogen and oxygen atoms in total. The molecule has 132 valence electrons. The first-order valence-electron chi connectivity index (χ1n) is 7.98. The van der Waals surface area contributed by atoms with Crippen LogP contribution in [0.2, 0.25) is 10.0 Å². The average molecular weight is 375 g/mol. The van der Waals surface area contributed by atoms with Crippen molar-refractivity contribution in [3.63, 3.8) is 0 Å². The summed E-state index contributed by atoms with van der Waals surface area (Å²) in [6, 6.07) is 3.15. The molecule has 0 spiro atoms. The standard InChI is InChI=1S/C17H21Cl2FN2O2/c18-14-8-11(17(23)22-13-4-2-1-3-5-13)9-15(19)16(14)24-10-12(20)6-7-21/h6,8-9,13H,1-5,7,10,21H2,(H,22,23). The predicted molar refractivity (Wildman–Crippen MR) is 94.5 cm³/mol. The van der Waals surface area contributed by atoms with Gasteiger partial charge in [0.2, 0.25) is 0 Å². The van der Waals surface area contributed by atoms with Gasteiger partial charge in [0.15, 0.2) is 5.75 Å². The maximum Gasteiger partial charge on any atom is 0.251 e. The zero-order valence-electron chi connectivity index (χ0n) is 13.3. The van der Waals surface area contributed by atoms with Crippen molar-refractivity contribution in [3.05, 3.63) is 39.6 Å². The topological polar surface area (TPSA) is 64.3 Å². The van der Waals surface area contributed by atoms with Gasteiger partial charge in [-0.1, -0.05) is 42.5 Å². The highest BCUT2D eigenvalue weighted by molar-refractivity contribution is 6.37. The first kappa shape index (κ1) is 19.0. The lowest BCUT2D eigenvalue weighted by Crippen LogP contribution is -2.36. The van der Waals surface area contributed by atoms with Gasteiger partial charge in [-0.3, -0.25) is 4.79 Å². The van der Waals surface area contributed by atoms with Gasteiger partial charge in [-0.25, -0.2) is 4.39 Å². The summed E-state index contributed by atoms with van der Waals surface area (Å²) in [5, 5.41) is 3.32. The third-order valence-electron chi connectivity index (χ3n) is 3.89. The molecule has 0 unspecified atom stereocenters. The summed E-state index contributed by atoms with van der Waals surface area (Å²) in [5.41, 5.74) is 5.58. The molecule has 0 bridgehead atoms. The van der Waals surface area contributed by atoms with E-state index in [9.17, 15) is 9.18 Å². The van der Waals surface area contributed by atoms with Gasteiger partial charge in [0.1, 0.15) is 12.4 Å². The maximum absolute atomic E-state index is 13.3. The second kappa shape index (κ2) is 9.25. The van der Waals surface area contributed by atoms with E-state index in [1.165, 1.54) is 24.6 Å². The van der Waals surface area contributed by atoms with Gasteiger partial charge in [-0.05, 0) is 31.1 Å². The second-order valence-corrected chi connectivity index (χ2v) is 6.57. The lowest BCUT2D eigenvalue weighted by molar-refractivity contribution is 0.0927. The molecule has 1 amide bonds. The van der Waals surface area contributed by atoms with Crippen LogP contribution in [-0.2, 0) is 0 Å². The molecule has 1 saturated carbocycles. The molecule has 0 saturated heterocycles. The average Bonchev–Trinajstić information content (AvgIpc) is 2.55. The molecule has 0 aliphatic heterocycles. The Morgan fingerprint density at radius 3 is 2.50 bits per heavy atom. The first-order chi connectivity index (χ1) is 11.5. The lowest BCUT2D eigenvalue weighted by Gasteiger charge is -2.23. The van der Waals surface area contributed by atoms with E-state index in [0.717, 1.165) is 25.7 Å². The van der Waals surface area contributed by atoms with E-state index in [1.807, 2.05) is 0 Å². The van der Waals surface area contributed by atoms with Crippen molar-refractivity contribution in [2.24, 2.45) is 5.73 Å². The Hall–Kier alpha value is -1.30. The van der Waals surface area contributed by atoms with Crippen LogP contribution in [0.5, 0.6) is 5.75 Å². The predicted octanol–water partition coefficient (Wildman–Crippen LogP) is 4.25. The third kappa shape index (κ3) is 5.36. The molecule has 0 radical (unpaired) electrons. The summed E-state index contributed by atoms with van der Waals surface area (Å²) in [7, 11) is 0. The third-order valence-corrected chi connectivity index (χ3v) is 4.46. The molecule has 1 aliphatic rings. The molecule has 1 aromatic rings. The summed E-state index contributed by atoms with van der Waals surface area (Å²) in [5.74, 6) is -0.580. The number of ether oxygens (including phenoxy) is 1. The van der Waals surface area contributed by atoms with Crippen molar-refractivity contribution in [1.29, 1.82) is 0 Å². The molecule has 0 atom stereocenters. The van der Waals surface area contributed by atoms with Gasteiger partial charge in [0, 0.05) is 18.2 Å². The number of hydrogen-bond donors (Lipinski definition) is 2. The second-order valence-electron chi connectivity index (χ2n) is 5.75. The van der Waals surface area contributed by atoms with E-state index < -0.39 is 5.83 Å². The van der Waals surface area contributed by atoms with Gasteiger partial charge in [0.25, 0.3) is 5.91 Å². The zero-order valence-corrected chi connectivity index (χ0v) is 14.8. The number of benzene rings is 1. The first-order valence-corrected chi connectivity index (χ1v) is 8.74. The summed E-state index contributed by atoms with van der Waals surface area (Å²) >= 11 is 12.3. The molecule has 1 aliphatic carbocycles. The van der Waals surface area contributed by atoms with Crippen molar-refractivity contribution in [2.75, 3.05) is 13.2 Å². The van der Waals surface area contributed by atoms with Gasteiger partial charge in [0.05, 0.1) is 10.0 Å². The minimum Gasteiger partial charge on any atom is -0.483 e. The molecule has 7 heteroatoms. The number of nitrogens with one attached hydrogen (secondary N) is 1. The Kier molecular flexibility index (Phi) is 7.34. The van der Waals surface area contributed by atoms with Crippen LogP contribution in [0.15, 0.2) is 24.0 Å². The summed E-state index contributed by atoms with van der Waals surface area (Å²) in [6.45, 7) is -0.235. The number of nitrogens with two attached hydrogens (primary N) is 1. The van der Waals surface area contributed by atoms with Crippen LogP contribution < -0.4 is 15.8 Å². The van der Waals surface area contributed by atoms with Crippen molar-refractivity contribution in [1.82, 2.24) is 5.32 Å². The largest absolute Gasteiger partial charge is 0.483 e.